The largest absolute Gasteiger partial charge is 0.369 e. The van der Waals surface area contributed by atoms with E-state index < -0.39 is 5.91 Å². The number of piperidine rings is 1. The minimum atomic E-state index is -0.402. The van der Waals surface area contributed by atoms with E-state index in [1.807, 2.05) is 12.1 Å². The fourth-order valence-electron chi connectivity index (χ4n) is 2.21. The van der Waals surface area contributed by atoms with Crippen molar-refractivity contribution in [3.8, 4) is 0 Å². The minimum absolute atomic E-state index is 0.174. The molecule has 17 heavy (non-hydrogen) atoms. The van der Waals surface area contributed by atoms with Crippen LogP contribution in [0.1, 0.15) is 23.2 Å². The number of amides is 1. The molecule has 0 aromatic heterocycles. The highest BCUT2D eigenvalue weighted by Gasteiger charge is 2.20. The van der Waals surface area contributed by atoms with Crippen LogP contribution in [0.25, 0.3) is 0 Å². The zero-order chi connectivity index (χ0) is 12.4. The maximum absolute atomic E-state index is 11.4. The van der Waals surface area contributed by atoms with Gasteiger partial charge in [0, 0.05) is 29.3 Å². The molecule has 4 nitrogen and oxygen atoms in total. The van der Waals surface area contributed by atoms with Crippen LogP contribution in [-0.4, -0.2) is 25.0 Å². The third-order valence-electron chi connectivity index (χ3n) is 3.02. The van der Waals surface area contributed by atoms with E-state index in [-0.39, 0.29) is 6.04 Å². The Balaban J connectivity index is 2.33. The number of carbonyl (C=O) groups is 1. The summed E-state index contributed by atoms with van der Waals surface area (Å²) in [5.74, 6) is -0.402. The quantitative estimate of drug-likeness (QED) is 0.868. The molecule has 0 saturated carbocycles. The van der Waals surface area contributed by atoms with Gasteiger partial charge in [-0.05, 0) is 31.0 Å². The first-order valence-corrected chi connectivity index (χ1v) is 6.47. The third-order valence-corrected chi connectivity index (χ3v) is 3.52. The maximum atomic E-state index is 11.4. The Hall–Kier alpha value is -1.07. The molecule has 0 spiro atoms. The van der Waals surface area contributed by atoms with Crippen molar-refractivity contribution in [3.63, 3.8) is 0 Å². The van der Waals surface area contributed by atoms with Gasteiger partial charge in [0.1, 0.15) is 0 Å². The van der Waals surface area contributed by atoms with E-state index in [1.54, 1.807) is 6.07 Å². The van der Waals surface area contributed by atoms with Crippen molar-refractivity contribution in [1.82, 2.24) is 0 Å². The molecule has 1 aromatic carbocycles. The van der Waals surface area contributed by atoms with Gasteiger partial charge in [-0.15, -0.1) is 0 Å². The summed E-state index contributed by atoms with van der Waals surface area (Å²) >= 11 is 3.35. The molecule has 4 N–H and O–H groups in total. The second kappa shape index (κ2) is 5.06. The van der Waals surface area contributed by atoms with E-state index in [0.29, 0.717) is 5.56 Å². The van der Waals surface area contributed by atoms with Crippen molar-refractivity contribution in [2.24, 2.45) is 11.5 Å². The lowest BCUT2D eigenvalue weighted by Crippen LogP contribution is -2.43. The lowest BCUT2D eigenvalue weighted by atomic mass is 10.0. The molecule has 1 aliphatic rings. The number of benzene rings is 1. The molecule has 0 radical (unpaired) electrons. The zero-order valence-corrected chi connectivity index (χ0v) is 11.1. The van der Waals surface area contributed by atoms with Gasteiger partial charge >= 0.3 is 0 Å². The van der Waals surface area contributed by atoms with Crippen LogP contribution in [0, 0.1) is 0 Å². The van der Waals surface area contributed by atoms with Crippen LogP contribution < -0.4 is 16.4 Å². The number of hydrogen-bond donors (Lipinski definition) is 2. The molecule has 0 aliphatic carbocycles. The number of nitrogens with two attached hydrogens (primary N) is 2. The summed E-state index contributed by atoms with van der Waals surface area (Å²) in [7, 11) is 0. The summed E-state index contributed by atoms with van der Waals surface area (Å²) < 4.78 is 0.858. The van der Waals surface area contributed by atoms with Crippen LogP contribution in [-0.2, 0) is 0 Å². The van der Waals surface area contributed by atoms with Gasteiger partial charge < -0.3 is 16.4 Å². The van der Waals surface area contributed by atoms with E-state index in [2.05, 4.69) is 20.8 Å². The molecule has 5 heteroatoms. The number of hydrogen-bond acceptors (Lipinski definition) is 3. The molecular formula is C12H16BrN3O. The monoisotopic (exact) mass is 297 g/mol. The maximum Gasteiger partial charge on any atom is 0.250 e. The number of anilines is 1. The highest BCUT2D eigenvalue weighted by molar-refractivity contribution is 9.10. The van der Waals surface area contributed by atoms with Crippen molar-refractivity contribution >= 4 is 27.5 Å². The Morgan fingerprint density at radius 1 is 1.47 bits per heavy atom. The molecule has 1 fully saturated rings. The molecule has 1 aromatic rings. The Morgan fingerprint density at radius 2 is 2.24 bits per heavy atom. The summed E-state index contributed by atoms with van der Waals surface area (Å²) in [5, 5.41) is 0. The fraction of sp³-hybridized carbons (Fsp3) is 0.417. The van der Waals surface area contributed by atoms with Crippen LogP contribution in [0.15, 0.2) is 22.7 Å². The molecule has 1 aliphatic heterocycles. The number of nitrogens with zero attached hydrogens (tertiary/aromatic N) is 1. The smallest absolute Gasteiger partial charge is 0.250 e. The molecular weight excluding hydrogens is 282 g/mol. The Morgan fingerprint density at radius 3 is 2.88 bits per heavy atom. The predicted octanol–water partition coefficient (Wildman–Crippen LogP) is 1.48. The number of halogens is 1. The first-order chi connectivity index (χ1) is 8.08. The zero-order valence-electron chi connectivity index (χ0n) is 9.53. The van der Waals surface area contributed by atoms with Crippen LogP contribution in [0.2, 0.25) is 0 Å². The molecule has 1 heterocycles. The summed E-state index contributed by atoms with van der Waals surface area (Å²) in [6.07, 6.45) is 2.09. The topological polar surface area (TPSA) is 72.4 Å². The molecule has 1 unspecified atom stereocenters. The normalized spacial score (nSPS) is 20.4. The van der Waals surface area contributed by atoms with Crippen molar-refractivity contribution in [2.45, 2.75) is 18.9 Å². The highest BCUT2D eigenvalue weighted by atomic mass is 79.9. The average molecular weight is 298 g/mol. The van der Waals surface area contributed by atoms with Crippen molar-refractivity contribution in [2.75, 3.05) is 18.0 Å². The number of primary amides is 1. The first kappa shape index (κ1) is 12.4. The standard InChI is InChI=1S/C12H16BrN3O/c13-8-3-4-11(10(6-8)12(15)17)16-5-1-2-9(14)7-16/h3-4,6,9H,1-2,5,7,14H2,(H2,15,17). The molecule has 2 rings (SSSR count). The van der Waals surface area contributed by atoms with Gasteiger partial charge in [-0.1, -0.05) is 15.9 Å². The molecule has 1 amide bonds. The van der Waals surface area contributed by atoms with E-state index in [9.17, 15) is 4.79 Å². The Bertz CT molecular complexity index is 436. The minimum Gasteiger partial charge on any atom is -0.369 e. The van der Waals surface area contributed by atoms with Crippen LogP contribution in [0.5, 0.6) is 0 Å². The van der Waals surface area contributed by atoms with Gasteiger partial charge in [0.05, 0.1) is 5.56 Å². The van der Waals surface area contributed by atoms with Crippen LogP contribution >= 0.6 is 15.9 Å². The predicted molar refractivity (Wildman–Crippen MR) is 72.1 cm³/mol. The lowest BCUT2D eigenvalue weighted by Gasteiger charge is -2.33. The van der Waals surface area contributed by atoms with Gasteiger partial charge in [-0.25, -0.2) is 0 Å². The van der Waals surface area contributed by atoms with Gasteiger partial charge in [-0.3, -0.25) is 4.79 Å². The second-order valence-corrected chi connectivity index (χ2v) is 5.29. The van der Waals surface area contributed by atoms with Crippen molar-refractivity contribution in [1.29, 1.82) is 0 Å². The SMILES string of the molecule is NC(=O)c1cc(Br)ccc1N1CCCC(N)C1. The fourth-order valence-corrected chi connectivity index (χ4v) is 2.57. The van der Waals surface area contributed by atoms with Crippen LogP contribution in [0.4, 0.5) is 5.69 Å². The van der Waals surface area contributed by atoms with E-state index >= 15 is 0 Å². The molecule has 0 bridgehead atoms. The van der Waals surface area contributed by atoms with Gasteiger partial charge in [0.25, 0.3) is 5.91 Å². The summed E-state index contributed by atoms with van der Waals surface area (Å²) in [5.41, 5.74) is 12.8. The molecule has 92 valence electrons. The van der Waals surface area contributed by atoms with Gasteiger partial charge in [0.15, 0.2) is 0 Å². The first-order valence-electron chi connectivity index (χ1n) is 5.68. The number of carbonyl (C=O) groups excluding carboxylic acids is 1. The molecule has 1 atom stereocenters. The summed E-state index contributed by atoms with van der Waals surface area (Å²) in [4.78, 5) is 13.6. The Kier molecular flexibility index (Phi) is 3.69. The number of rotatable bonds is 2. The third kappa shape index (κ3) is 2.79. The Labute approximate surface area is 109 Å². The molecule has 1 saturated heterocycles. The average Bonchev–Trinajstić information content (AvgIpc) is 2.28. The van der Waals surface area contributed by atoms with Gasteiger partial charge in [-0.2, -0.15) is 0 Å². The van der Waals surface area contributed by atoms with Gasteiger partial charge in [0.2, 0.25) is 0 Å². The van der Waals surface area contributed by atoms with Crippen molar-refractivity contribution < 1.29 is 4.79 Å². The van der Waals surface area contributed by atoms with E-state index in [0.717, 1.165) is 36.1 Å². The lowest BCUT2D eigenvalue weighted by molar-refractivity contribution is 0.100. The summed E-state index contributed by atoms with van der Waals surface area (Å²) in [6, 6.07) is 5.77. The van der Waals surface area contributed by atoms with Crippen LogP contribution in [0.3, 0.4) is 0 Å². The van der Waals surface area contributed by atoms with E-state index in [4.69, 9.17) is 11.5 Å². The second-order valence-electron chi connectivity index (χ2n) is 4.37. The highest BCUT2D eigenvalue weighted by Crippen LogP contribution is 2.26. The summed E-state index contributed by atoms with van der Waals surface area (Å²) in [6.45, 7) is 1.71. The van der Waals surface area contributed by atoms with E-state index in [1.165, 1.54) is 0 Å². The van der Waals surface area contributed by atoms with Crippen molar-refractivity contribution in [3.05, 3.63) is 28.2 Å².